The van der Waals surface area contributed by atoms with Crippen LogP contribution in [0.3, 0.4) is 0 Å². The fraction of sp³-hybridized carbons (Fsp3) is 0.529. The molecule has 2 heterocycles. The van der Waals surface area contributed by atoms with Gasteiger partial charge < -0.3 is 0 Å². The lowest BCUT2D eigenvalue weighted by molar-refractivity contribution is 0.307. The van der Waals surface area contributed by atoms with E-state index in [1.807, 2.05) is 16.8 Å². The summed E-state index contributed by atoms with van der Waals surface area (Å²) in [5, 5.41) is 8.66. The Kier molecular flexibility index (Phi) is 3.92. The molecule has 0 N–H and O–H groups in total. The van der Waals surface area contributed by atoms with E-state index in [1.54, 1.807) is 19.2 Å². The van der Waals surface area contributed by atoms with Crippen LogP contribution in [0.25, 0.3) is 11.3 Å². The maximum absolute atomic E-state index is 12.8. The Morgan fingerprint density at radius 1 is 1.17 bits per heavy atom. The molecule has 7 heteroatoms. The van der Waals surface area contributed by atoms with Gasteiger partial charge in [0.1, 0.15) is 5.69 Å². The molecule has 0 radical (unpaired) electrons. The van der Waals surface area contributed by atoms with Crippen molar-refractivity contribution in [3.05, 3.63) is 30.0 Å². The van der Waals surface area contributed by atoms with Crippen molar-refractivity contribution in [3.8, 4) is 11.3 Å². The van der Waals surface area contributed by atoms with Gasteiger partial charge in [0, 0.05) is 19.2 Å². The first-order valence-corrected chi connectivity index (χ1v) is 9.99. The topological polar surface area (TPSA) is 68.1 Å². The summed E-state index contributed by atoms with van der Waals surface area (Å²) in [4.78, 5) is 0.346. The Morgan fingerprint density at radius 2 is 1.92 bits per heavy atom. The summed E-state index contributed by atoms with van der Waals surface area (Å²) in [7, 11) is -1.89. The van der Waals surface area contributed by atoms with E-state index in [0.717, 1.165) is 23.5 Å². The number of aromatic nitrogens is 3. The lowest BCUT2D eigenvalue weighted by Gasteiger charge is -2.22. The molecule has 2 aromatic rings. The maximum atomic E-state index is 12.8. The SMILES string of the molecule is CN1Cc2nnn(CC3CCCCC3)c2-c2ccccc2S1(=O)=O. The van der Waals surface area contributed by atoms with Crippen LogP contribution in [0.5, 0.6) is 0 Å². The number of benzene rings is 1. The number of hydrogen-bond acceptors (Lipinski definition) is 4. The Labute approximate surface area is 142 Å². The molecule has 6 nitrogen and oxygen atoms in total. The quantitative estimate of drug-likeness (QED) is 0.838. The van der Waals surface area contributed by atoms with Gasteiger partial charge in [0.15, 0.2) is 0 Å². The molecule has 0 amide bonds. The van der Waals surface area contributed by atoms with Crippen LogP contribution in [0.15, 0.2) is 29.2 Å². The molecule has 1 fully saturated rings. The minimum absolute atomic E-state index is 0.261. The molecule has 1 saturated carbocycles. The van der Waals surface area contributed by atoms with Gasteiger partial charge in [-0.2, -0.15) is 4.31 Å². The maximum Gasteiger partial charge on any atom is 0.243 e. The van der Waals surface area contributed by atoms with Crippen molar-refractivity contribution in [2.45, 2.75) is 50.1 Å². The highest BCUT2D eigenvalue weighted by Crippen LogP contribution is 2.36. The molecule has 0 saturated heterocycles. The van der Waals surface area contributed by atoms with Gasteiger partial charge in [0.05, 0.1) is 17.1 Å². The van der Waals surface area contributed by atoms with Gasteiger partial charge in [-0.1, -0.05) is 42.7 Å². The summed E-state index contributed by atoms with van der Waals surface area (Å²) >= 11 is 0. The average Bonchev–Trinajstić information content (AvgIpc) is 2.94. The van der Waals surface area contributed by atoms with E-state index >= 15 is 0 Å². The first kappa shape index (κ1) is 15.8. The minimum Gasteiger partial charge on any atom is -0.244 e. The Balaban J connectivity index is 1.82. The van der Waals surface area contributed by atoms with Crippen molar-refractivity contribution >= 4 is 10.0 Å². The summed E-state index contributed by atoms with van der Waals surface area (Å²) < 4.78 is 28.8. The highest BCUT2D eigenvalue weighted by Gasteiger charge is 2.33. The van der Waals surface area contributed by atoms with Crippen LogP contribution in [0.1, 0.15) is 37.8 Å². The van der Waals surface area contributed by atoms with Gasteiger partial charge in [-0.3, -0.25) is 0 Å². The van der Waals surface area contributed by atoms with E-state index in [9.17, 15) is 8.42 Å². The zero-order valence-corrected chi connectivity index (χ0v) is 14.7. The van der Waals surface area contributed by atoms with Gasteiger partial charge in [-0.05, 0) is 24.8 Å². The zero-order chi connectivity index (χ0) is 16.7. The van der Waals surface area contributed by atoms with Crippen LogP contribution >= 0.6 is 0 Å². The highest BCUT2D eigenvalue weighted by atomic mass is 32.2. The molecule has 1 aromatic carbocycles. The fourth-order valence-corrected chi connectivity index (χ4v) is 5.16. The molecule has 24 heavy (non-hydrogen) atoms. The minimum atomic E-state index is -3.49. The molecule has 2 aliphatic rings. The van der Waals surface area contributed by atoms with Gasteiger partial charge in [-0.25, -0.2) is 13.1 Å². The van der Waals surface area contributed by atoms with Gasteiger partial charge >= 0.3 is 0 Å². The number of rotatable bonds is 2. The van der Waals surface area contributed by atoms with Crippen molar-refractivity contribution in [2.24, 2.45) is 5.92 Å². The summed E-state index contributed by atoms with van der Waals surface area (Å²) in [6.45, 7) is 1.08. The summed E-state index contributed by atoms with van der Waals surface area (Å²) in [6.07, 6.45) is 6.30. The Morgan fingerprint density at radius 3 is 2.71 bits per heavy atom. The molecule has 0 unspecified atom stereocenters. The highest BCUT2D eigenvalue weighted by molar-refractivity contribution is 7.89. The van der Waals surface area contributed by atoms with Crippen LogP contribution in [0.4, 0.5) is 0 Å². The standard InChI is InChI=1S/C17H22N4O2S/c1-20-12-15-17(14-9-5-6-10-16(14)24(20,22)23)21(19-18-15)11-13-7-3-2-4-8-13/h5-6,9-10,13H,2-4,7-8,11-12H2,1H3. The normalized spacial score (nSPS) is 21.0. The summed E-state index contributed by atoms with van der Waals surface area (Å²) in [5.41, 5.74) is 2.32. The second kappa shape index (κ2) is 5.97. The summed E-state index contributed by atoms with van der Waals surface area (Å²) in [5.74, 6) is 0.606. The van der Waals surface area contributed by atoms with Gasteiger partial charge in [-0.15, -0.1) is 5.10 Å². The molecular weight excluding hydrogens is 324 g/mol. The third-order valence-electron chi connectivity index (χ3n) is 5.16. The molecule has 128 valence electrons. The number of nitrogens with zero attached hydrogens (tertiary/aromatic N) is 4. The van der Waals surface area contributed by atoms with E-state index in [4.69, 9.17) is 0 Å². The monoisotopic (exact) mass is 346 g/mol. The van der Waals surface area contributed by atoms with Crippen LogP contribution < -0.4 is 0 Å². The molecule has 0 spiro atoms. The van der Waals surface area contributed by atoms with Crippen LogP contribution in [-0.2, 0) is 23.1 Å². The van der Waals surface area contributed by atoms with E-state index in [2.05, 4.69) is 10.3 Å². The first-order chi connectivity index (χ1) is 11.6. The second-order valence-corrected chi connectivity index (χ2v) is 8.84. The second-order valence-electron chi connectivity index (χ2n) is 6.83. The fourth-order valence-electron chi connectivity index (χ4n) is 3.84. The Hall–Kier alpha value is -1.73. The van der Waals surface area contributed by atoms with Gasteiger partial charge in [0.25, 0.3) is 0 Å². The zero-order valence-electron chi connectivity index (χ0n) is 13.9. The van der Waals surface area contributed by atoms with Crippen molar-refractivity contribution in [2.75, 3.05) is 7.05 Å². The molecular formula is C17H22N4O2S. The lowest BCUT2D eigenvalue weighted by Crippen LogP contribution is -2.25. The van der Waals surface area contributed by atoms with Crippen LogP contribution in [0.2, 0.25) is 0 Å². The van der Waals surface area contributed by atoms with E-state index in [0.29, 0.717) is 10.8 Å². The van der Waals surface area contributed by atoms with E-state index < -0.39 is 10.0 Å². The molecule has 0 bridgehead atoms. The largest absolute Gasteiger partial charge is 0.244 e. The van der Waals surface area contributed by atoms with Crippen molar-refractivity contribution in [1.29, 1.82) is 0 Å². The Bertz CT molecular complexity index is 853. The number of hydrogen-bond donors (Lipinski definition) is 0. The third kappa shape index (κ3) is 2.56. The molecule has 1 aliphatic heterocycles. The molecule has 4 rings (SSSR count). The van der Waals surface area contributed by atoms with Crippen molar-refractivity contribution < 1.29 is 8.42 Å². The van der Waals surface area contributed by atoms with E-state index in [1.165, 1.54) is 36.4 Å². The molecule has 1 aromatic heterocycles. The van der Waals surface area contributed by atoms with Crippen molar-refractivity contribution in [3.63, 3.8) is 0 Å². The molecule has 1 aliphatic carbocycles. The smallest absolute Gasteiger partial charge is 0.243 e. The van der Waals surface area contributed by atoms with Crippen molar-refractivity contribution in [1.82, 2.24) is 19.3 Å². The predicted molar refractivity (Wildman–Crippen MR) is 90.7 cm³/mol. The molecule has 0 atom stereocenters. The predicted octanol–water partition coefficient (Wildman–Crippen LogP) is 2.66. The average molecular weight is 346 g/mol. The lowest BCUT2D eigenvalue weighted by atomic mass is 9.89. The van der Waals surface area contributed by atoms with Crippen LogP contribution in [-0.4, -0.2) is 34.8 Å². The third-order valence-corrected chi connectivity index (χ3v) is 7.03. The number of fused-ring (bicyclic) bond motifs is 3. The summed E-state index contributed by atoms with van der Waals surface area (Å²) in [6, 6.07) is 7.19. The van der Waals surface area contributed by atoms with E-state index in [-0.39, 0.29) is 6.54 Å². The van der Waals surface area contributed by atoms with Gasteiger partial charge in [0.2, 0.25) is 10.0 Å². The first-order valence-electron chi connectivity index (χ1n) is 8.55. The van der Waals surface area contributed by atoms with Crippen LogP contribution in [0, 0.1) is 5.92 Å². The number of sulfonamides is 1.